The largest absolute Gasteiger partial charge is 0.480 e. The van der Waals surface area contributed by atoms with Crippen LogP contribution >= 0.6 is 0 Å². The van der Waals surface area contributed by atoms with Gasteiger partial charge < -0.3 is 10.0 Å². The first kappa shape index (κ1) is 11.6. The lowest BCUT2D eigenvalue weighted by Gasteiger charge is -2.21. The number of carbonyl (C=O) groups excluding carboxylic acids is 1. The number of benzene rings is 1. The summed E-state index contributed by atoms with van der Waals surface area (Å²) in [5.41, 5.74) is -0.0688. The van der Waals surface area contributed by atoms with Crippen molar-refractivity contribution in [2.75, 3.05) is 6.54 Å². The van der Waals surface area contributed by atoms with E-state index in [1.54, 1.807) is 6.07 Å². The van der Waals surface area contributed by atoms with Gasteiger partial charge in [0, 0.05) is 6.54 Å². The van der Waals surface area contributed by atoms with E-state index in [2.05, 4.69) is 0 Å². The molecular weight excluding hydrogens is 225 g/mol. The number of carbonyl (C=O) groups is 2. The lowest BCUT2D eigenvalue weighted by atomic mass is 10.1. The molecule has 1 aliphatic rings. The van der Waals surface area contributed by atoms with Crippen LogP contribution in [0.15, 0.2) is 24.3 Å². The molecule has 1 atom stereocenters. The highest BCUT2D eigenvalue weighted by atomic mass is 19.1. The van der Waals surface area contributed by atoms with Crippen LogP contribution < -0.4 is 0 Å². The second-order valence-corrected chi connectivity index (χ2v) is 3.97. The van der Waals surface area contributed by atoms with Crippen molar-refractivity contribution in [2.24, 2.45) is 0 Å². The van der Waals surface area contributed by atoms with Gasteiger partial charge in [0.25, 0.3) is 5.91 Å². The van der Waals surface area contributed by atoms with Gasteiger partial charge in [-0.3, -0.25) is 4.79 Å². The molecule has 1 aliphatic heterocycles. The summed E-state index contributed by atoms with van der Waals surface area (Å²) < 4.78 is 13.4. The minimum atomic E-state index is -1.04. The highest BCUT2D eigenvalue weighted by Gasteiger charge is 2.35. The second-order valence-electron chi connectivity index (χ2n) is 3.97. The van der Waals surface area contributed by atoms with Crippen molar-refractivity contribution >= 4 is 11.9 Å². The van der Waals surface area contributed by atoms with Gasteiger partial charge in [-0.1, -0.05) is 12.1 Å². The van der Waals surface area contributed by atoms with Gasteiger partial charge in [-0.25, -0.2) is 9.18 Å². The highest BCUT2D eigenvalue weighted by Crippen LogP contribution is 2.21. The van der Waals surface area contributed by atoms with Crippen molar-refractivity contribution in [3.05, 3.63) is 35.6 Å². The molecule has 4 nitrogen and oxygen atoms in total. The molecule has 0 spiro atoms. The summed E-state index contributed by atoms with van der Waals surface area (Å²) in [5.74, 6) is -2.20. The van der Waals surface area contributed by atoms with E-state index in [1.807, 2.05) is 0 Å². The zero-order valence-corrected chi connectivity index (χ0v) is 9.10. The topological polar surface area (TPSA) is 57.6 Å². The Bertz CT molecular complexity index is 461. The smallest absolute Gasteiger partial charge is 0.326 e. The predicted molar refractivity (Wildman–Crippen MR) is 58.1 cm³/mol. The van der Waals surface area contributed by atoms with Crippen LogP contribution in [0.4, 0.5) is 4.39 Å². The molecule has 5 heteroatoms. The lowest BCUT2D eigenvalue weighted by Crippen LogP contribution is -2.40. The Morgan fingerprint density at radius 2 is 2.06 bits per heavy atom. The molecule has 1 fully saturated rings. The van der Waals surface area contributed by atoms with Gasteiger partial charge in [0.2, 0.25) is 0 Å². The first-order valence-corrected chi connectivity index (χ1v) is 5.39. The Labute approximate surface area is 97.7 Å². The van der Waals surface area contributed by atoms with Crippen LogP contribution in [-0.4, -0.2) is 34.5 Å². The van der Waals surface area contributed by atoms with Gasteiger partial charge >= 0.3 is 5.97 Å². The maximum absolute atomic E-state index is 13.4. The van der Waals surface area contributed by atoms with E-state index in [0.717, 1.165) is 0 Å². The number of halogens is 1. The average Bonchev–Trinajstić information content (AvgIpc) is 2.77. The number of likely N-dealkylation sites (tertiary alicyclic amines) is 1. The number of carboxylic acids is 1. The molecule has 0 aliphatic carbocycles. The predicted octanol–water partition coefficient (Wildman–Crippen LogP) is 1.51. The van der Waals surface area contributed by atoms with Crippen molar-refractivity contribution in [3.63, 3.8) is 0 Å². The standard InChI is InChI=1S/C12H12FNO3/c13-9-5-2-1-4-8(9)11(15)14-7-3-6-10(14)12(16)17/h1-2,4-5,10H,3,6-7H2,(H,16,17)/t10-/m0/s1. The summed E-state index contributed by atoms with van der Waals surface area (Å²) in [6, 6.07) is 4.78. The van der Waals surface area contributed by atoms with Crippen molar-refractivity contribution < 1.29 is 19.1 Å². The molecule has 0 unspecified atom stereocenters. The molecule has 0 aromatic heterocycles. The van der Waals surface area contributed by atoms with Gasteiger partial charge in [0.05, 0.1) is 5.56 Å². The SMILES string of the molecule is O=C(O)[C@@H]1CCCN1C(=O)c1ccccc1F. The van der Waals surface area contributed by atoms with Crippen molar-refractivity contribution in [1.82, 2.24) is 4.90 Å². The van der Waals surface area contributed by atoms with E-state index >= 15 is 0 Å². The van der Waals surface area contributed by atoms with Crippen LogP contribution in [0.1, 0.15) is 23.2 Å². The summed E-state index contributed by atoms with van der Waals surface area (Å²) in [4.78, 5) is 24.2. The van der Waals surface area contributed by atoms with Gasteiger partial charge in [0.15, 0.2) is 0 Å². The van der Waals surface area contributed by atoms with Gasteiger partial charge in [-0.15, -0.1) is 0 Å². The maximum atomic E-state index is 13.4. The van der Waals surface area contributed by atoms with Gasteiger partial charge in [-0.05, 0) is 25.0 Å². The van der Waals surface area contributed by atoms with E-state index < -0.39 is 23.7 Å². The molecule has 17 heavy (non-hydrogen) atoms. The maximum Gasteiger partial charge on any atom is 0.326 e. The molecule has 1 saturated heterocycles. The third-order valence-corrected chi connectivity index (χ3v) is 2.90. The molecule has 1 aromatic carbocycles. The number of hydrogen-bond acceptors (Lipinski definition) is 2. The Hall–Kier alpha value is -1.91. The number of carboxylic acid groups (broad SMARTS) is 1. The van der Waals surface area contributed by atoms with Crippen molar-refractivity contribution in [3.8, 4) is 0 Å². The van der Waals surface area contributed by atoms with Crippen LogP contribution in [0.2, 0.25) is 0 Å². The molecule has 0 bridgehead atoms. The molecule has 90 valence electrons. The van der Waals surface area contributed by atoms with Gasteiger partial charge in [-0.2, -0.15) is 0 Å². The highest BCUT2D eigenvalue weighted by molar-refractivity contribution is 5.97. The number of amides is 1. The molecule has 1 heterocycles. The first-order chi connectivity index (χ1) is 8.11. The van der Waals surface area contributed by atoms with Crippen LogP contribution in [0, 0.1) is 5.82 Å². The third-order valence-electron chi connectivity index (χ3n) is 2.90. The number of aliphatic carboxylic acids is 1. The quantitative estimate of drug-likeness (QED) is 0.848. The monoisotopic (exact) mass is 237 g/mol. The summed E-state index contributed by atoms with van der Waals surface area (Å²) in [7, 11) is 0. The number of rotatable bonds is 2. The Morgan fingerprint density at radius 1 is 1.35 bits per heavy atom. The summed E-state index contributed by atoms with van der Waals surface area (Å²) >= 11 is 0. The second kappa shape index (κ2) is 4.53. The van der Waals surface area contributed by atoms with Crippen molar-refractivity contribution in [2.45, 2.75) is 18.9 Å². The van der Waals surface area contributed by atoms with Crippen LogP contribution in [-0.2, 0) is 4.79 Å². The van der Waals surface area contributed by atoms with E-state index in [-0.39, 0.29) is 5.56 Å². The Balaban J connectivity index is 2.26. The molecule has 1 N–H and O–H groups in total. The van der Waals surface area contributed by atoms with Gasteiger partial charge in [0.1, 0.15) is 11.9 Å². The number of hydrogen-bond donors (Lipinski definition) is 1. The summed E-state index contributed by atoms with van der Waals surface area (Å²) in [6.07, 6.45) is 1.06. The molecule has 1 aromatic rings. The number of nitrogens with zero attached hydrogens (tertiary/aromatic N) is 1. The zero-order valence-electron chi connectivity index (χ0n) is 9.10. The Morgan fingerprint density at radius 3 is 2.71 bits per heavy atom. The fraction of sp³-hybridized carbons (Fsp3) is 0.333. The Kier molecular flexibility index (Phi) is 3.08. The molecule has 0 radical (unpaired) electrons. The van der Waals surface area contributed by atoms with E-state index in [1.165, 1.54) is 23.1 Å². The summed E-state index contributed by atoms with van der Waals surface area (Å²) in [6.45, 7) is 0.365. The lowest BCUT2D eigenvalue weighted by molar-refractivity contribution is -0.141. The average molecular weight is 237 g/mol. The zero-order chi connectivity index (χ0) is 12.4. The van der Waals surface area contributed by atoms with E-state index in [0.29, 0.717) is 19.4 Å². The molecular formula is C12H12FNO3. The molecule has 1 amide bonds. The van der Waals surface area contributed by atoms with Crippen LogP contribution in [0.25, 0.3) is 0 Å². The molecule has 0 saturated carbocycles. The van der Waals surface area contributed by atoms with Crippen LogP contribution in [0.3, 0.4) is 0 Å². The minimum Gasteiger partial charge on any atom is -0.480 e. The van der Waals surface area contributed by atoms with Crippen LogP contribution in [0.5, 0.6) is 0 Å². The normalized spacial score (nSPS) is 19.4. The minimum absolute atomic E-state index is 0.0688. The fourth-order valence-electron chi connectivity index (χ4n) is 2.06. The van der Waals surface area contributed by atoms with E-state index in [4.69, 9.17) is 5.11 Å². The van der Waals surface area contributed by atoms with E-state index in [9.17, 15) is 14.0 Å². The third kappa shape index (κ3) is 2.13. The van der Waals surface area contributed by atoms with Crippen molar-refractivity contribution in [1.29, 1.82) is 0 Å². The molecule has 2 rings (SSSR count). The summed E-state index contributed by atoms with van der Waals surface area (Å²) in [5, 5.41) is 8.96. The fourth-order valence-corrected chi connectivity index (χ4v) is 2.06. The first-order valence-electron chi connectivity index (χ1n) is 5.39.